The Morgan fingerprint density at radius 3 is 2.41 bits per heavy atom. The number of hydrogen-bond donors (Lipinski definition) is 2. The van der Waals surface area contributed by atoms with Crippen molar-refractivity contribution in [2.75, 3.05) is 29.8 Å². The van der Waals surface area contributed by atoms with Gasteiger partial charge in [-0.1, -0.05) is 11.6 Å². The number of benzene rings is 2. The van der Waals surface area contributed by atoms with Gasteiger partial charge >= 0.3 is 0 Å². The van der Waals surface area contributed by atoms with Crippen molar-refractivity contribution in [3.05, 3.63) is 69.8 Å². The van der Waals surface area contributed by atoms with Crippen molar-refractivity contribution in [1.29, 1.82) is 0 Å². The summed E-state index contributed by atoms with van der Waals surface area (Å²) < 4.78 is 10.5. The molecule has 0 spiro atoms. The molecule has 11 heteroatoms. The van der Waals surface area contributed by atoms with Crippen molar-refractivity contribution >= 4 is 57.2 Å². The summed E-state index contributed by atoms with van der Waals surface area (Å²) in [6.07, 6.45) is 0. The van der Waals surface area contributed by atoms with Crippen LogP contribution in [-0.2, 0) is 9.59 Å². The Kier molecular flexibility index (Phi) is 6.53. The lowest BCUT2D eigenvalue weighted by Crippen LogP contribution is -2.32. The minimum absolute atomic E-state index is 0.0833. The van der Waals surface area contributed by atoms with Gasteiger partial charge in [0.15, 0.2) is 5.13 Å². The van der Waals surface area contributed by atoms with Gasteiger partial charge in [-0.2, -0.15) is 0 Å². The van der Waals surface area contributed by atoms with E-state index in [2.05, 4.69) is 15.6 Å². The third kappa shape index (κ3) is 4.45. The Balaban J connectivity index is 1.51. The largest absolute Gasteiger partial charge is 0.497 e. The standard InChI is InChI=1S/C23H19ClN4O5S/c1-12-11-34-23(25-12)27-20(29)13-4-6-14(7-5-13)26-19-18(24)21(30)28(22(19)31)16-9-8-15(32-2)10-17(16)33-3/h4-11,26H,1-3H3,(H,25,27,29). The quantitative estimate of drug-likeness (QED) is 0.471. The van der Waals surface area contributed by atoms with Gasteiger partial charge in [0.2, 0.25) is 0 Å². The molecule has 0 atom stereocenters. The van der Waals surface area contributed by atoms with Gasteiger partial charge in [0, 0.05) is 22.7 Å². The van der Waals surface area contributed by atoms with Crippen LogP contribution in [0.3, 0.4) is 0 Å². The molecule has 0 saturated carbocycles. The monoisotopic (exact) mass is 498 g/mol. The van der Waals surface area contributed by atoms with Gasteiger partial charge in [-0.3, -0.25) is 19.7 Å². The predicted octanol–water partition coefficient (Wildman–Crippen LogP) is 4.16. The number of aromatic nitrogens is 1. The normalized spacial score (nSPS) is 13.4. The summed E-state index contributed by atoms with van der Waals surface area (Å²) in [7, 11) is 2.92. The number of carbonyl (C=O) groups excluding carboxylic acids is 3. The highest BCUT2D eigenvalue weighted by atomic mass is 35.5. The zero-order valence-electron chi connectivity index (χ0n) is 18.3. The Morgan fingerprint density at radius 1 is 1.06 bits per heavy atom. The lowest BCUT2D eigenvalue weighted by atomic mass is 10.2. The molecule has 0 radical (unpaired) electrons. The third-order valence-electron chi connectivity index (χ3n) is 4.91. The van der Waals surface area contributed by atoms with Crippen LogP contribution in [0.25, 0.3) is 0 Å². The molecule has 1 aromatic heterocycles. The van der Waals surface area contributed by atoms with Crippen LogP contribution in [0, 0.1) is 6.92 Å². The molecule has 34 heavy (non-hydrogen) atoms. The summed E-state index contributed by atoms with van der Waals surface area (Å²) in [4.78, 5) is 43.4. The number of rotatable bonds is 7. The minimum atomic E-state index is -0.688. The van der Waals surface area contributed by atoms with Crippen molar-refractivity contribution in [3.63, 3.8) is 0 Å². The number of carbonyl (C=O) groups is 3. The Bertz CT molecular complexity index is 1320. The van der Waals surface area contributed by atoms with E-state index >= 15 is 0 Å². The number of nitrogens with one attached hydrogen (secondary N) is 2. The van der Waals surface area contributed by atoms with Gasteiger partial charge in [0.25, 0.3) is 17.7 Å². The van der Waals surface area contributed by atoms with Crippen LogP contribution < -0.4 is 25.0 Å². The highest BCUT2D eigenvalue weighted by Crippen LogP contribution is 2.37. The summed E-state index contributed by atoms with van der Waals surface area (Å²) in [5.74, 6) is -0.862. The second-order valence-electron chi connectivity index (χ2n) is 7.12. The highest BCUT2D eigenvalue weighted by Gasteiger charge is 2.40. The molecule has 0 fully saturated rings. The molecule has 2 N–H and O–H groups in total. The van der Waals surface area contributed by atoms with E-state index in [1.807, 2.05) is 12.3 Å². The number of ether oxygens (including phenoxy) is 2. The number of methoxy groups -OCH3 is 2. The molecule has 2 aromatic carbocycles. The van der Waals surface area contributed by atoms with Crippen LogP contribution in [0.4, 0.5) is 16.5 Å². The zero-order chi connectivity index (χ0) is 24.4. The van der Waals surface area contributed by atoms with Crippen LogP contribution in [0.2, 0.25) is 0 Å². The maximum atomic E-state index is 13.1. The fraction of sp³-hybridized carbons (Fsp3) is 0.130. The molecular formula is C23H19ClN4O5S. The van der Waals surface area contributed by atoms with Gasteiger partial charge in [-0.25, -0.2) is 9.88 Å². The number of imide groups is 1. The Morgan fingerprint density at radius 2 is 1.79 bits per heavy atom. The molecular weight excluding hydrogens is 480 g/mol. The summed E-state index contributed by atoms with van der Waals surface area (Å²) in [5, 5.41) is 7.69. The predicted molar refractivity (Wildman–Crippen MR) is 130 cm³/mol. The minimum Gasteiger partial charge on any atom is -0.497 e. The fourth-order valence-electron chi connectivity index (χ4n) is 3.23. The molecule has 3 aromatic rings. The first-order valence-corrected chi connectivity index (χ1v) is 11.2. The van der Waals surface area contributed by atoms with Crippen LogP contribution in [0.5, 0.6) is 11.5 Å². The lowest BCUT2D eigenvalue weighted by Gasteiger charge is -2.18. The summed E-state index contributed by atoms with van der Waals surface area (Å²) >= 11 is 7.55. The number of aryl methyl sites for hydroxylation is 1. The van der Waals surface area contributed by atoms with Crippen LogP contribution >= 0.6 is 22.9 Å². The van der Waals surface area contributed by atoms with Gasteiger partial charge in [-0.05, 0) is 43.3 Å². The van der Waals surface area contributed by atoms with Crippen molar-refractivity contribution in [1.82, 2.24) is 4.98 Å². The van der Waals surface area contributed by atoms with Crippen LogP contribution in [-0.4, -0.2) is 36.9 Å². The van der Waals surface area contributed by atoms with Gasteiger partial charge in [0.1, 0.15) is 22.2 Å². The summed E-state index contributed by atoms with van der Waals surface area (Å²) in [5.41, 5.74) is 1.84. The number of amides is 3. The maximum absolute atomic E-state index is 13.1. The van der Waals surface area contributed by atoms with Crippen molar-refractivity contribution in [2.45, 2.75) is 6.92 Å². The van der Waals surface area contributed by atoms with E-state index in [9.17, 15) is 14.4 Å². The van der Waals surface area contributed by atoms with Crippen molar-refractivity contribution in [3.8, 4) is 11.5 Å². The average molecular weight is 499 g/mol. The van der Waals surface area contributed by atoms with Gasteiger partial charge in [0.05, 0.1) is 25.6 Å². The molecule has 0 aliphatic carbocycles. The Hall–Kier alpha value is -3.89. The number of thiazole rings is 1. The molecule has 1 aliphatic rings. The molecule has 0 unspecified atom stereocenters. The number of anilines is 3. The van der Waals surface area contributed by atoms with Crippen LogP contribution in [0.1, 0.15) is 16.1 Å². The average Bonchev–Trinajstić information content (AvgIpc) is 3.34. The second kappa shape index (κ2) is 9.54. The topological polar surface area (TPSA) is 110 Å². The smallest absolute Gasteiger partial charge is 0.283 e. The molecule has 9 nitrogen and oxygen atoms in total. The molecule has 174 valence electrons. The first-order valence-electron chi connectivity index (χ1n) is 9.93. The SMILES string of the molecule is COc1ccc(N2C(=O)C(Cl)=C(Nc3ccc(C(=O)Nc4nc(C)cs4)cc3)C2=O)c(OC)c1. The summed E-state index contributed by atoms with van der Waals surface area (Å²) in [6.45, 7) is 1.84. The molecule has 1 aliphatic heterocycles. The van der Waals surface area contributed by atoms with E-state index in [1.165, 1.54) is 31.6 Å². The van der Waals surface area contributed by atoms with E-state index in [4.69, 9.17) is 21.1 Å². The molecule has 3 amide bonds. The molecule has 0 saturated heterocycles. The zero-order valence-corrected chi connectivity index (χ0v) is 19.9. The highest BCUT2D eigenvalue weighted by molar-refractivity contribution is 7.13. The number of halogens is 1. The van der Waals surface area contributed by atoms with E-state index in [0.29, 0.717) is 22.1 Å². The van der Waals surface area contributed by atoms with Crippen molar-refractivity contribution in [2.24, 2.45) is 0 Å². The van der Waals surface area contributed by atoms with E-state index in [1.54, 1.807) is 36.4 Å². The maximum Gasteiger partial charge on any atom is 0.283 e. The van der Waals surface area contributed by atoms with E-state index < -0.39 is 11.8 Å². The summed E-state index contributed by atoms with van der Waals surface area (Å²) in [6, 6.07) is 11.1. The third-order valence-corrected chi connectivity index (χ3v) is 6.14. The number of nitrogens with zero attached hydrogens (tertiary/aromatic N) is 2. The first-order chi connectivity index (χ1) is 16.3. The fourth-order valence-corrected chi connectivity index (χ4v) is 4.13. The first kappa shape index (κ1) is 23.3. The molecule has 0 bridgehead atoms. The number of hydrogen-bond acceptors (Lipinski definition) is 8. The lowest BCUT2D eigenvalue weighted by molar-refractivity contribution is -0.120. The van der Waals surface area contributed by atoms with E-state index in [0.717, 1.165) is 10.6 Å². The second-order valence-corrected chi connectivity index (χ2v) is 8.36. The van der Waals surface area contributed by atoms with E-state index in [-0.39, 0.29) is 28.1 Å². The molecule has 4 rings (SSSR count). The van der Waals surface area contributed by atoms with Crippen molar-refractivity contribution < 1.29 is 23.9 Å². The van der Waals surface area contributed by atoms with Gasteiger partial charge in [-0.15, -0.1) is 11.3 Å². The van der Waals surface area contributed by atoms with Gasteiger partial charge < -0.3 is 14.8 Å². The van der Waals surface area contributed by atoms with Crippen LogP contribution in [0.15, 0.2) is 58.6 Å². The Labute approximate surface area is 204 Å². The molecule has 2 heterocycles.